The molecule has 31 heavy (non-hydrogen) atoms. The van der Waals surface area contributed by atoms with Crippen LogP contribution in [0.5, 0.6) is 0 Å². The summed E-state index contributed by atoms with van der Waals surface area (Å²) in [6.07, 6.45) is 6.19. The highest BCUT2D eigenvalue weighted by molar-refractivity contribution is 5.82. The van der Waals surface area contributed by atoms with Crippen molar-refractivity contribution in [2.75, 3.05) is 39.3 Å². The Morgan fingerprint density at radius 3 is 2.39 bits per heavy atom. The van der Waals surface area contributed by atoms with Gasteiger partial charge in [-0.15, -0.1) is 0 Å². The van der Waals surface area contributed by atoms with Gasteiger partial charge in [-0.3, -0.25) is 19.8 Å². The summed E-state index contributed by atoms with van der Waals surface area (Å²) in [6, 6.07) is 0.386. The van der Waals surface area contributed by atoms with E-state index in [1.165, 1.54) is 0 Å². The van der Waals surface area contributed by atoms with Gasteiger partial charge in [-0.2, -0.15) is 0 Å². The molecule has 0 radical (unpaired) electrons. The lowest BCUT2D eigenvalue weighted by Gasteiger charge is -2.54. The summed E-state index contributed by atoms with van der Waals surface area (Å²) in [4.78, 5) is 44.0. The second-order valence-corrected chi connectivity index (χ2v) is 10.5. The van der Waals surface area contributed by atoms with Gasteiger partial charge in [0.15, 0.2) is 0 Å². The molecule has 3 heterocycles. The summed E-state index contributed by atoms with van der Waals surface area (Å²) in [5.74, 6) is 1.91. The minimum atomic E-state index is 0.0918. The number of nitrogens with zero attached hydrogens (tertiary/aromatic N) is 4. The summed E-state index contributed by atoms with van der Waals surface area (Å²) in [5.41, 5.74) is 3.45. The van der Waals surface area contributed by atoms with Crippen LogP contribution in [0.25, 0.3) is 0 Å². The van der Waals surface area contributed by atoms with E-state index < -0.39 is 0 Å². The molecule has 8 heteroatoms. The van der Waals surface area contributed by atoms with Crippen molar-refractivity contribution in [3.05, 3.63) is 0 Å². The number of hydrazine groups is 1. The van der Waals surface area contributed by atoms with E-state index in [4.69, 9.17) is 0 Å². The number of hydrogen-bond donors (Lipinski definition) is 1. The van der Waals surface area contributed by atoms with Gasteiger partial charge in [0.05, 0.1) is 18.6 Å². The van der Waals surface area contributed by atoms with Crippen LogP contribution in [-0.2, 0) is 14.4 Å². The normalized spacial score (nSPS) is 36.2. The summed E-state index contributed by atoms with van der Waals surface area (Å²) < 4.78 is 0. The predicted octanol–water partition coefficient (Wildman–Crippen LogP) is 0.682. The quantitative estimate of drug-likeness (QED) is 0.709. The zero-order valence-electron chi connectivity index (χ0n) is 19.0. The summed E-state index contributed by atoms with van der Waals surface area (Å²) in [6.45, 7) is 8.48. The molecular formula is C23H37N5O3. The lowest BCUT2D eigenvalue weighted by atomic mass is 9.73. The van der Waals surface area contributed by atoms with Gasteiger partial charge < -0.3 is 14.7 Å². The van der Waals surface area contributed by atoms with Crippen molar-refractivity contribution < 1.29 is 14.4 Å². The van der Waals surface area contributed by atoms with Gasteiger partial charge in [0, 0.05) is 51.6 Å². The molecule has 1 N–H and O–H groups in total. The Kier molecular flexibility index (Phi) is 5.71. The van der Waals surface area contributed by atoms with Crippen molar-refractivity contribution in [1.29, 1.82) is 0 Å². The molecule has 0 aromatic carbocycles. The van der Waals surface area contributed by atoms with Crippen LogP contribution in [0.15, 0.2) is 0 Å². The van der Waals surface area contributed by atoms with Crippen LogP contribution in [0.3, 0.4) is 0 Å². The molecule has 8 nitrogen and oxygen atoms in total. The first-order valence-corrected chi connectivity index (χ1v) is 12.3. The standard InChI is InChI=1S/C23H37N5O3/c1-15-12-27(23(31)17-4-5-17)21-10-18(6-7-20(21)28(15)16(2)29)19-11-24-26(13-19)14-22(30)25-8-3-9-25/h15,17-21,24H,3-14H2,1-2H3/t15-,18?,19?,20?,21?/m0/s1. The lowest BCUT2D eigenvalue weighted by Crippen LogP contribution is -2.67. The van der Waals surface area contributed by atoms with Crippen LogP contribution in [0.2, 0.25) is 0 Å². The van der Waals surface area contributed by atoms with Crippen molar-refractivity contribution in [2.45, 2.75) is 70.5 Å². The smallest absolute Gasteiger partial charge is 0.238 e. The van der Waals surface area contributed by atoms with E-state index >= 15 is 0 Å². The second kappa shape index (κ2) is 8.35. The number of carbonyl (C=O) groups excluding carboxylic acids is 3. The Morgan fingerprint density at radius 1 is 0.968 bits per heavy atom. The molecule has 3 saturated heterocycles. The van der Waals surface area contributed by atoms with Gasteiger partial charge in [-0.05, 0) is 57.3 Å². The van der Waals surface area contributed by atoms with Crippen LogP contribution in [-0.4, -0.2) is 94.8 Å². The molecule has 2 saturated carbocycles. The molecule has 0 aromatic rings. The van der Waals surface area contributed by atoms with Crippen molar-refractivity contribution in [2.24, 2.45) is 17.8 Å². The first kappa shape index (κ1) is 21.2. The Hall–Kier alpha value is -1.67. The van der Waals surface area contributed by atoms with Gasteiger partial charge in [-0.25, -0.2) is 5.01 Å². The van der Waals surface area contributed by atoms with Crippen LogP contribution < -0.4 is 5.43 Å². The molecule has 5 aliphatic rings. The number of carbonyl (C=O) groups is 3. The maximum Gasteiger partial charge on any atom is 0.238 e. The van der Waals surface area contributed by atoms with Gasteiger partial charge in [0.2, 0.25) is 17.7 Å². The van der Waals surface area contributed by atoms with Gasteiger partial charge >= 0.3 is 0 Å². The molecule has 0 spiro atoms. The molecular weight excluding hydrogens is 394 g/mol. The first-order chi connectivity index (χ1) is 14.9. The fourth-order valence-corrected chi connectivity index (χ4v) is 6.37. The van der Waals surface area contributed by atoms with Crippen LogP contribution in [0, 0.1) is 17.8 Å². The Balaban J connectivity index is 1.25. The number of hydrogen-bond acceptors (Lipinski definition) is 5. The monoisotopic (exact) mass is 431 g/mol. The average molecular weight is 432 g/mol. The van der Waals surface area contributed by atoms with Crippen molar-refractivity contribution in [1.82, 2.24) is 25.1 Å². The third-order valence-corrected chi connectivity index (χ3v) is 8.32. The number of amides is 3. The second-order valence-electron chi connectivity index (χ2n) is 10.5. The third kappa shape index (κ3) is 4.09. The molecule has 172 valence electrons. The molecule has 2 aliphatic carbocycles. The highest BCUT2D eigenvalue weighted by atomic mass is 16.2. The topological polar surface area (TPSA) is 76.2 Å². The third-order valence-electron chi connectivity index (χ3n) is 8.32. The summed E-state index contributed by atoms with van der Waals surface area (Å²) >= 11 is 0. The fraction of sp³-hybridized carbons (Fsp3) is 0.870. The zero-order valence-corrected chi connectivity index (χ0v) is 19.0. The Bertz CT molecular complexity index is 737. The minimum Gasteiger partial charge on any atom is -0.341 e. The van der Waals surface area contributed by atoms with E-state index in [0.717, 1.165) is 64.7 Å². The molecule has 0 aromatic heterocycles. The first-order valence-electron chi connectivity index (χ1n) is 12.3. The highest BCUT2D eigenvalue weighted by Crippen LogP contribution is 2.42. The molecule has 0 bridgehead atoms. The molecule has 5 fully saturated rings. The lowest BCUT2D eigenvalue weighted by molar-refractivity contribution is -0.155. The largest absolute Gasteiger partial charge is 0.341 e. The predicted molar refractivity (Wildman–Crippen MR) is 116 cm³/mol. The molecule has 5 rings (SSSR count). The van der Waals surface area contributed by atoms with Crippen molar-refractivity contribution >= 4 is 17.7 Å². The summed E-state index contributed by atoms with van der Waals surface area (Å²) in [7, 11) is 0. The Morgan fingerprint density at radius 2 is 1.74 bits per heavy atom. The van der Waals surface area contributed by atoms with Crippen LogP contribution >= 0.6 is 0 Å². The van der Waals surface area contributed by atoms with Crippen LogP contribution in [0.1, 0.15) is 52.4 Å². The van der Waals surface area contributed by atoms with Gasteiger partial charge in [0.1, 0.15) is 0 Å². The SMILES string of the molecule is CC(=O)N1C2CCC(C3CNN(CC(=O)N4CCC4)C3)CC2N(C(=O)C2CC2)C[C@@H]1C. The van der Waals surface area contributed by atoms with E-state index in [-0.39, 0.29) is 35.9 Å². The van der Waals surface area contributed by atoms with E-state index in [2.05, 4.69) is 27.2 Å². The van der Waals surface area contributed by atoms with Gasteiger partial charge in [-0.1, -0.05) is 0 Å². The number of fused-ring (bicyclic) bond motifs is 1. The number of likely N-dealkylation sites (tertiary alicyclic amines) is 1. The van der Waals surface area contributed by atoms with Crippen molar-refractivity contribution in [3.63, 3.8) is 0 Å². The fourth-order valence-electron chi connectivity index (χ4n) is 6.37. The molecule has 3 aliphatic heterocycles. The maximum atomic E-state index is 13.1. The molecule has 5 atom stereocenters. The van der Waals surface area contributed by atoms with E-state index in [1.807, 2.05) is 4.90 Å². The van der Waals surface area contributed by atoms with E-state index in [9.17, 15) is 14.4 Å². The molecule has 3 amide bonds. The van der Waals surface area contributed by atoms with E-state index in [1.54, 1.807) is 6.92 Å². The number of piperazine rings is 1. The molecule has 4 unspecified atom stereocenters. The maximum absolute atomic E-state index is 13.1. The highest BCUT2D eigenvalue weighted by Gasteiger charge is 2.49. The van der Waals surface area contributed by atoms with Crippen molar-refractivity contribution in [3.8, 4) is 0 Å². The zero-order chi connectivity index (χ0) is 21.7. The number of rotatable bonds is 4. The van der Waals surface area contributed by atoms with Crippen LogP contribution in [0.4, 0.5) is 0 Å². The Labute approximate surface area is 185 Å². The van der Waals surface area contributed by atoms with E-state index in [0.29, 0.717) is 30.8 Å². The van der Waals surface area contributed by atoms with Gasteiger partial charge in [0.25, 0.3) is 0 Å². The summed E-state index contributed by atoms with van der Waals surface area (Å²) in [5, 5.41) is 2.09. The number of nitrogens with one attached hydrogen (secondary N) is 1. The minimum absolute atomic E-state index is 0.0918. The average Bonchev–Trinajstić information content (AvgIpc) is 3.44.